The van der Waals surface area contributed by atoms with Crippen molar-refractivity contribution in [2.45, 2.75) is 6.42 Å². The van der Waals surface area contributed by atoms with Gasteiger partial charge in [0.1, 0.15) is 0 Å². The van der Waals surface area contributed by atoms with Gasteiger partial charge in [0.2, 0.25) is 0 Å². The maximum Gasteiger partial charge on any atom is 0.253 e. The number of hydrogen-bond donors (Lipinski definition) is 2. The van der Waals surface area contributed by atoms with Crippen LogP contribution in [0.2, 0.25) is 0 Å². The van der Waals surface area contributed by atoms with Gasteiger partial charge in [-0.1, -0.05) is 24.3 Å². The topological polar surface area (TPSA) is 95.2 Å². The molecule has 2 aliphatic heterocycles. The molecule has 5 rings (SSSR count). The van der Waals surface area contributed by atoms with Crippen LogP contribution in [0.15, 0.2) is 48.7 Å². The Hall–Kier alpha value is -3.39. The Labute approximate surface area is 187 Å². The zero-order valence-electron chi connectivity index (χ0n) is 17.5. The van der Waals surface area contributed by atoms with Crippen LogP contribution in [0.1, 0.15) is 27.3 Å². The van der Waals surface area contributed by atoms with Crippen molar-refractivity contribution in [3.05, 3.63) is 71.2 Å². The fourth-order valence-corrected chi connectivity index (χ4v) is 5.40. The van der Waals surface area contributed by atoms with Gasteiger partial charge in [-0.3, -0.25) is 9.78 Å². The third kappa shape index (κ3) is 4.18. The number of pyridine rings is 1. The van der Waals surface area contributed by atoms with Gasteiger partial charge in [0.25, 0.3) is 5.91 Å². The number of para-hydroxylation sites is 1. The van der Waals surface area contributed by atoms with Gasteiger partial charge in [-0.25, -0.2) is 8.42 Å². The molecule has 3 aromatic rings. The molecule has 4 heterocycles. The highest BCUT2D eigenvalue weighted by molar-refractivity contribution is 7.91. The first-order valence-electron chi connectivity index (χ1n) is 10.7. The quantitative estimate of drug-likeness (QED) is 0.640. The first-order valence-corrected chi connectivity index (χ1v) is 12.5. The summed E-state index contributed by atoms with van der Waals surface area (Å²) in [5.41, 5.74) is 6.39. The second-order valence-corrected chi connectivity index (χ2v) is 10.4. The Morgan fingerprint density at radius 1 is 1.03 bits per heavy atom. The Kier molecular flexibility index (Phi) is 5.30. The van der Waals surface area contributed by atoms with Crippen LogP contribution < -0.4 is 10.2 Å². The molecule has 0 unspecified atom stereocenters. The van der Waals surface area contributed by atoms with Crippen molar-refractivity contribution < 1.29 is 13.2 Å². The van der Waals surface area contributed by atoms with Gasteiger partial charge in [0.05, 0.1) is 22.8 Å². The molecule has 0 spiro atoms. The molecule has 8 heteroatoms. The number of aromatic nitrogens is 2. The predicted octanol–water partition coefficient (Wildman–Crippen LogP) is 2.77. The number of hydrogen-bond acceptors (Lipinski definition) is 5. The minimum absolute atomic E-state index is 0.0370. The molecule has 0 atom stereocenters. The van der Waals surface area contributed by atoms with E-state index in [0.717, 1.165) is 40.3 Å². The molecule has 1 saturated heterocycles. The smallest absolute Gasteiger partial charge is 0.253 e. The number of H-pyrrole nitrogens is 1. The molecule has 164 valence electrons. The maximum atomic E-state index is 12.1. The van der Waals surface area contributed by atoms with E-state index in [9.17, 15) is 13.2 Å². The van der Waals surface area contributed by atoms with E-state index in [-0.39, 0.29) is 17.4 Å². The van der Waals surface area contributed by atoms with Crippen molar-refractivity contribution in [3.8, 4) is 11.3 Å². The third-order valence-corrected chi connectivity index (χ3v) is 7.56. The summed E-state index contributed by atoms with van der Waals surface area (Å²) in [6.45, 7) is 1.66. The molecular formula is C24H24N4O3S. The molecule has 32 heavy (non-hydrogen) atoms. The predicted molar refractivity (Wildman–Crippen MR) is 126 cm³/mol. The van der Waals surface area contributed by atoms with Gasteiger partial charge in [0, 0.05) is 54.9 Å². The van der Waals surface area contributed by atoms with Crippen LogP contribution in [0.4, 0.5) is 5.69 Å². The normalized spacial score (nSPS) is 17.9. The van der Waals surface area contributed by atoms with Crippen LogP contribution in [0, 0.1) is 0 Å². The highest BCUT2D eigenvalue weighted by Crippen LogP contribution is 2.26. The van der Waals surface area contributed by atoms with Gasteiger partial charge >= 0.3 is 0 Å². The Bertz CT molecular complexity index is 1300. The molecule has 2 aliphatic rings. The van der Waals surface area contributed by atoms with E-state index in [1.54, 1.807) is 6.20 Å². The lowest BCUT2D eigenvalue weighted by Gasteiger charge is -2.30. The van der Waals surface area contributed by atoms with Crippen LogP contribution in [0.5, 0.6) is 0 Å². The summed E-state index contributed by atoms with van der Waals surface area (Å²) in [7, 11) is -2.93. The van der Waals surface area contributed by atoms with Crippen LogP contribution in [0.3, 0.4) is 0 Å². The van der Waals surface area contributed by atoms with Crippen molar-refractivity contribution in [3.63, 3.8) is 0 Å². The van der Waals surface area contributed by atoms with Gasteiger partial charge < -0.3 is 15.2 Å². The number of carbonyl (C=O) groups excluding carboxylic acids is 1. The van der Waals surface area contributed by atoms with Gasteiger partial charge in [-0.2, -0.15) is 0 Å². The first-order chi connectivity index (χ1) is 15.5. The number of anilines is 1. The van der Waals surface area contributed by atoms with Crippen molar-refractivity contribution in [1.82, 2.24) is 15.3 Å². The van der Waals surface area contributed by atoms with Crippen LogP contribution >= 0.6 is 0 Å². The average Bonchev–Trinajstić information content (AvgIpc) is 3.24. The highest BCUT2D eigenvalue weighted by Gasteiger charge is 2.23. The summed E-state index contributed by atoms with van der Waals surface area (Å²) in [5, 5.41) is 2.87. The van der Waals surface area contributed by atoms with Crippen molar-refractivity contribution >= 4 is 33.6 Å². The molecule has 7 nitrogen and oxygen atoms in total. The van der Waals surface area contributed by atoms with Crippen LogP contribution in [-0.4, -0.2) is 55.4 Å². The van der Waals surface area contributed by atoms with E-state index in [2.05, 4.69) is 20.2 Å². The molecule has 0 bridgehead atoms. The standard InChI is InChI=1S/C24H24N4O3S/c29-24-20-16-22(27-21(20)8-10-26-24)18-7-9-25-19(15-18)6-5-17-3-1-2-4-23(17)28-11-13-32(30,31)14-12-28/h1-7,9,15-16,27H,8,10-14H2,(H,26,29)/b6-5+. The lowest BCUT2D eigenvalue weighted by Crippen LogP contribution is -2.40. The van der Waals surface area contributed by atoms with E-state index in [1.807, 2.05) is 54.6 Å². The summed E-state index contributed by atoms with van der Waals surface area (Å²) >= 11 is 0. The number of fused-ring (bicyclic) bond motifs is 1. The summed E-state index contributed by atoms with van der Waals surface area (Å²) in [4.78, 5) is 22.0. The monoisotopic (exact) mass is 448 g/mol. The van der Waals surface area contributed by atoms with E-state index >= 15 is 0 Å². The first kappa shape index (κ1) is 20.5. The van der Waals surface area contributed by atoms with Crippen molar-refractivity contribution in [2.75, 3.05) is 36.0 Å². The second kappa shape index (κ2) is 8.27. The minimum Gasteiger partial charge on any atom is -0.369 e. The third-order valence-electron chi connectivity index (χ3n) is 5.95. The lowest BCUT2D eigenvalue weighted by molar-refractivity contribution is 0.0946. The highest BCUT2D eigenvalue weighted by atomic mass is 32.2. The molecule has 0 radical (unpaired) electrons. The Balaban J connectivity index is 1.39. The Morgan fingerprint density at radius 2 is 1.84 bits per heavy atom. The number of aromatic amines is 1. The molecule has 0 saturated carbocycles. The molecule has 0 aliphatic carbocycles. The zero-order chi connectivity index (χ0) is 22.1. The van der Waals surface area contributed by atoms with E-state index in [0.29, 0.717) is 25.2 Å². The number of rotatable bonds is 4. The molecule has 1 aromatic carbocycles. The lowest BCUT2D eigenvalue weighted by atomic mass is 10.1. The minimum atomic E-state index is -2.93. The summed E-state index contributed by atoms with van der Waals surface area (Å²) < 4.78 is 23.6. The molecule has 2 aromatic heterocycles. The number of sulfone groups is 1. The average molecular weight is 449 g/mol. The van der Waals surface area contributed by atoms with Crippen molar-refractivity contribution in [1.29, 1.82) is 0 Å². The van der Waals surface area contributed by atoms with Gasteiger partial charge in [0.15, 0.2) is 9.84 Å². The fourth-order valence-electron chi connectivity index (χ4n) is 4.20. The number of benzene rings is 1. The van der Waals surface area contributed by atoms with Gasteiger partial charge in [-0.05, 0) is 35.9 Å². The molecule has 2 N–H and O–H groups in total. The van der Waals surface area contributed by atoms with Crippen LogP contribution in [-0.2, 0) is 16.3 Å². The van der Waals surface area contributed by atoms with E-state index in [1.165, 1.54) is 0 Å². The summed E-state index contributed by atoms with van der Waals surface area (Å²) in [6.07, 6.45) is 6.53. The number of nitrogens with zero attached hydrogens (tertiary/aromatic N) is 2. The number of carbonyl (C=O) groups is 1. The summed E-state index contributed by atoms with van der Waals surface area (Å²) in [5.74, 6) is 0.338. The second-order valence-electron chi connectivity index (χ2n) is 8.08. The van der Waals surface area contributed by atoms with E-state index in [4.69, 9.17) is 0 Å². The SMILES string of the molecule is O=C1NCCc2[nH]c(-c3ccnc(/C=C/c4ccccc4N4CCS(=O)(=O)CC4)c3)cc21. The number of amides is 1. The van der Waals surface area contributed by atoms with Gasteiger partial charge in [-0.15, -0.1) is 0 Å². The fraction of sp³-hybridized carbons (Fsp3) is 0.250. The Morgan fingerprint density at radius 3 is 2.66 bits per heavy atom. The molecule has 1 amide bonds. The molecular weight excluding hydrogens is 424 g/mol. The van der Waals surface area contributed by atoms with Crippen LogP contribution in [0.25, 0.3) is 23.4 Å². The number of nitrogens with one attached hydrogen (secondary N) is 2. The van der Waals surface area contributed by atoms with E-state index < -0.39 is 9.84 Å². The van der Waals surface area contributed by atoms with Crippen molar-refractivity contribution in [2.24, 2.45) is 0 Å². The molecule has 1 fully saturated rings. The summed E-state index contributed by atoms with van der Waals surface area (Å²) in [6, 6.07) is 13.8. The zero-order valence-corrected chi connectivity index (χ0v) is 18.4. The maximum absolute atomic E-state index is 12.1. The largest absolute Gasteiger partial charge is 0.369 e.